The van der Waals surface area contributed by atoms with Crippen molar-refractivity contribution in [3.05, 3.63) is 53.0 Å². The Kier molecular flexibility index (Phi) is 6.75. The van der Waals surface area contributed by atoms with Gasteiger partial charge in [-0.15, -0.1) is 0 Å². The molecule has 3 heterocycles. The van der Waals surface area contributed by atoms with E-state index in [1.807, 2.05) is 11.0 Å². The quantitative estimate of drug-likeness (QED) is 0.669. The van der Waals surface area contributed by atoms with E-state index in [-0.39, 0.29) is 11.9 Å². The fraction of sp³-hybridized carbons (Fsp3) is 0.542. The van der Waals surface area contributed by atoms with Crippen LogP contribution >= 0.6 is 0 Å². The Morgan fingerprint density at radius 1 is 1.13 bits per heavy atom. The lowest BCUT2D eigenvalue weighted by Gasteiger charge is -2.31. The Labute approximate surface area is 179 Å². The minimum absolute atomic E-state index is 0.183. The molecule has 1 fully saturated rings. The number of fused-ring (bicyclic) bond motifs is 1. The zero-order valence-corrected chi connectivity index (χ0v) is 18.1. The number of ether oxygens (including phenoxy) is 1. The van der Waals surface area contributed by atoms with Crippen LogP contribution in [0.15, 0.2) is 30.3 Å². The number of hydrogen-bond donors (Lipinski definition) is 0. The molecular weight excluding hydrogens is 376 g/mol. The van der Waals surface area contributed by atoms with Gasteiger partial charge in [0.05, 0.1) is 12.6 Å². The molecule has 1 aromatic heterocycles. The van der Waals surface area contributed by atoms with Gasteiger partial charge in [-0.05, 0) is 51.1 Å². The number of nitrogens with zero attached hydrogens (tertiary/aromatic N) is 4. The molecule has 2 aromatic rings. The lowest BCUT2D eigenvalue weighted by Crippen LogP contribution is -2.38. The van der Waals surface area contributed by atoms with Crippen LogP contribution in [0.1, 0.15) is 54.4 Å². The number of amides is 1. The Bertz CT molecular complexity index is 871. The molecule has 0 radical (unpaired) electrons. The van der Waals surface area contributed by atoms with Crippen molar-refractivity contribution in [2.45, 2.75) is 51.5 Å². The molecule has 0 aliphatic carbocycles. The first-order valence-electron chi connectivity index (χ1n) is 11.1. The average molecular weight is 409 g/mol. The number of carbonyl (C=O) groups excluding carboxylic acids is 1. The van der Waals surface area contributed by atoms with Crippen LogP contribution in [0.3, 0.4) is 0 Å². The number of methoxy groups -OCH3 is 1. The van der Waals surface area contributed by atoms with Gasteiger partial charge in [-0.1, -0.05) is 30.3 Å². The van der Waals surface area contributed by atoms with Gasteiger partial charge in [0, 0.05) is 37.9 Å². The third-order valence-corrected chi connectivity index (χ3v) is 6.29. The van der Waals surface area contributed by atoms with E-state index in [2.05, 4.69) is 36.1 Å². The van der Waals surface area contributed by atoms with Crippen molar-refractivity contribution in [1.82, 2.24) is 14.9 Å². The van der Waals surface area contributed by atoms with Gasteiger partial charge in [0.15, 0.2) is 0 Å². The Morgan fingerprint density at radius 3 is 2.77 bits per heavy atom. The van der Waals surface area contributed by atoms with Crippen molar-refractivity contribution in [2.24, 2.45) is 0 Å². The number of aryl methyl sites for hydroxylation is 2. The SMILES string of the molecule is COCCN1CCC[C@@H]1c1nc(C)c2c(n1)N(CCCc1ccccc1)C(=O)CC2. The van der Waals surface area contributed by atoms with Crippen LogP contribution in [-0.2, 0) is 22.4 Å². The first-order valence-corrected chi connectivity index (χ1v) is 11.1. The molecule has 0 saturated carbocycles. The van der Waals surface area contributed by atoms with Gasteiger partial charge in [-0.2, -0.15) is 0 Å². The van der Waals surface area contributed by atoms with Crippen molar-refractivity contribution in [2.75, 3.05) is 38.3 Å². The minimum atomic E-state index is 0.183. The number of benzene rings is 1. The summed E-state index contributed by atoms with van der Waals surface area (Å²) in [5.74, 6) is 1.89. The molecule has 0 bridgehead atoms. The maximum absolute atomic E-state index is 12.8. The second kappa shape index (κ2) is 9.67. The van der Waals surface area contributed by atoms with E-state index in [0.29, 0.717) is 19.6 Å². The summed E-state index contributed by atoms with van der Waals surface area (Å²) in [4.78, 5) is 27.0. The van der Waals surface area contributed by atoms with Gasteiger partial charge in [-0.25, -0.2) is 9.97 Å². The van der Waals surface area contributed by atoms with E-state index in [9.17, 15) is 4.79 Å². The fourth-order valence-corrected chi connectivity index (χ4v) is 4.66. The third-order valence-electron chi connectivity index (χ3n) is 6.29. The zero-order valence-electron chi connectivity index (χ0n) is 18.1. The predicted molar refractivity (Wildman–Crippen MR) is 118 cm³/mol. The number of hydrogen-bond acceptors (Lipinski definition) is 5. The number of anilines is 1. The van der Waals surface area contributed by atoms with Crippen LogP contribution in [0.2, 0.25) is 0 Å². The number of rotatable bonds is 8. The highest BCUT2D eigenvalue weighted by Crippen LogP contribution is 2.34. The third kappa shape index (κ3) is 4.55. The maximum Gasteiger partial charge on any atom is 0.228 e. The van der Waals surface area contributed by atoms with E-state index < -0.39 is 0 Å². The summed E-state index contributed by atoms with van der Waals surface area (Å²) in [6.07, 6.45) is 5.39. The zero-order chi connectivity index (χ0) is 20.9. The van der Waals surface area contributed by atoms with Gasteiger partial charge >= 0.3 is 0 Å². The lowest BCUT2D eigenvalue weighted by molar-refractivity contribution is -0.119. The molecule has 2 aliphatic heterocycles. The van der Waals surface area contributed by atoms with Crippen molar-refractivity contribution in [3.8, 4) is 0 Å². The summed E-state index contributed by atoms with van der Waals surface area (Å²) < 4.78 is 5.28. The molecule has 1 aromatic carbocycles. The fourth-order valence-electron chi connectivity index (χ4n) is 4.66. The summed E-state index contributed by atoms with van der Waals surface area (Å²) in [6.45, 7) is 5.42. The van der Waals surface area contributed by atoms with E-state index in [4.69, 9.17) is 14.7 Å². The normalized spacial score (nSPS) is 19.3. The molecule has 1 saturated heterocycles. The monoisotopic (exact) mass is 408 g/mol. The summed E-state index contributed by atoms with van der Waals surface area (Å²) in [6, 6.07) is 10.7. The number of likely N-dealkylation sites (tertiary alicyclic amines) is 1. The topological polar surface area (TPSA) is 58.6 Å². The van der Waals surface area contributed by atoms with Gasteiger partial charge in [-0.3, -0.25) is 14.6 Å². The molecule has 0 spiro atoms. The predicted octanol–water partition coefficient (Wildman–Crippen LogP) is 3.48. The molecule has 6 nitrogen and oxygen atoms in total. The first kappa shape index (κ1) is 20.9. The highest BCUT2D eigenvalue weighted by molar-refractivity contribution is 5.95. The molecular formula is C24H32N4O2. The second-order valence-corrected chi connectivity index (χ2v) is 8.29. The van der Waals surface area contributed by atoms with Crippen LogP contribution < -0.4 is 4.90 Å². The summed E-state index contributed by atoms with van der Waals surface area (Å²) in [5, 5.41) is 0. The number of carbonyl (C=O) groups is 1. The highest BCUT2D eigenvalue weighted by atomic mass is 16.5. The minimum Gasteiger partial charge on any atom is -0.383 e. The molecule has 1 amide bonds. The molecule has 4 rings (SSSR count). The molecule has 2 aliphatic rings. The van der Waals surface area contributed by atoms with Gasteiger partial charge in [0.25, 0.3) is 0 Å². The molecule has 0 N–H and O–H groups in total. The molecule has 30 heavy (non-hydrogen) atoms. The van der Waals surface area contributed by atoms with E-state index in [1.54, 1.807) is 7.11 Å². The maximum atomic E-state index is 12.8. The largest absolute Gasteiger partial charge is 0.383 e. The van der Waals surface area contributed by atoms with Gasteiger partial charge in [0.1, 0.15) is 11.6 Å². The van der Waals surface area contributed by atoms with Crippen molar-refractivity contribution >= 4 is 11.7 Å². The van der Waals surface area contributed by atoms with Gasteiger partial charge < -0.3 is 4.74 Å². The molecule has 160 valence electrons. The van der Waals surface area contributed by atoms with Crippen LogP contribution in [0, 0.1) is 6.92 Å². The smallest absolute Gasteiger partial charge is 0.228 e. The second-order valence-electron chi connectivity index (χ2n) is 8.29. The van der Waals surface area contributed by atoms with Crippen molar-refractivity contribution in [3.63, 3.8) is 0 Å². The van der Waals surface area contributed by atoms with Crippen LogP contribution in [0.25, 0.3) is 0 Å². The lowest BCUT2D eigenvalue weighted by atomic mass is 10.0. The Balaban J connectivity index is 1.54. The summed E-state index contributed by atoms with van der Waals surface area (Å²) in [5.41, 5.74) is 3.47. The van der Waals surface area contributed by atoms with Crippen molar-refractivity contribution in [1.29, 1.82) is 0 Å². The summed E-state index contributed by atoms with van der Waals surface area (Å²) in [7, 11) is 1.74. The van der Waals surface area contributed by atoms with Crippen LogP contribution in [0.4, 0.5) is 5.82 Å². The standard InChI is InChI=1S/C24H32N4O2/c1-18-20-12-13-22(29)28(15-6-10-19-8-4-3-5-9-19)24(20)26-23(25-18)21-11-7-14-27(21)16-17-30-2/h3-5,8-9,21H,6-7,10-17H2,1-2H3/t21-/m1/s1. The Morgan fingerprint density at radius 2 is 1.97 bits per heavy atom. The van der Waals surface area contributed by atoms with E-state index in [1.165, 1.54) is 5.56 Å². The average Bonchev–Trinajstić information content (AvgIpc) is 3.23. The van der Waals surface area contributed by atoms with E-state index in [0.717, 1.165) is 68.1 Å². The van der Waals surface area contributed by atoms with Crippen LogP contribution in [0.5, 0.6) is 0 Å². The molecule has 1 atom stereocenters. The van der Waals surface area contributed by atoms with Crippen LogP contribution in [-0.4, -0.2) is 54.1 Å². The van der Waals surface area contributed by atoms with Crippen molar-refractivity contribution < 1.29 is 9.53 Å². The number of aromatic nitrogens is 2. The summed E-state index contributed by atoms with van der Waals surface area (Å²) >= 11 is 0. The van der Waals surface area contributed by atoms with Gasteiger partial charge in [0.2, 0.25) is 5.91 Å². The Hall–Kier alpha value is -2.31. The van der Waals surface area contributed by atoms with E-state index >= 15 is 0 Å². The molecule has 6 heteroatoms. The molecule has 0 unspecified atom stereocenters. The highest BCUT2D eigenvalue weighted by Gasteiger charge is 2.32. The first-order chi connectivity index (χ1) is 14.7.